The molecule has 0 amide bonds. The molecule has 0 saturated carbocycles. The lowest BCUT2D eigenvalue weighted by atomic mass is 10.1. The van der Waals surface area contributed by atoms with Crippen molar-refractivity contribution in [3.05, 3.63) is 60.4 Å². The van der Waals surface area contributed by atoms with Crippen molar-refractivity contribution < 1.29 is 6.11 Å². The molecule has 0 bridgehead atoms. The predicted molar refractivity (Wildman–Crippen MR) is 87.2 cm³/mol. The number of aromatic nitrogens is 1. The summed E-state index contributed by atoms with van der Waals surface area (Å²) in [5.74, 6) is 0.488. The average molecular weight is 294 g/mol. The summed E-state index contributed by atoms with van der Waals surface area (Å²) in [6.07, 6.45) is 1.76. The molecule has 0 unspecified atom stereocenters. The Morgan fingerprint density at radius 1 is 1.18 bits per heavy atom. The number of benzene rings is 1. The fourth-order valence-electron chi connectivity index (χ4n) is 2.82. The molecule has 1 fully saturated rings. The Bertz CT molecular complexity index is 700. The molecule has 2 atom stereocenters. The van der Waals surface area contributed by atoms with Crippen LogP contribution in [-0.2, 0) is 4.74 Å². The predicted octanol–water partition coefficient (Wildman–Crippen LogP) is 3.22. The Kier molecular flexibility index (Phi) is 2.68. The van der Waals surface area contributed by atoms with Crippen molar-refractivity contribution in [2.75, 3.05) is 11.5 Å². The van der Waals surface area contributed by atoms with Gasteiger partial charge in [-0.2, -0.15) is 0 Å². The lowest BCUT2D eigenvalue weighted by molar-refractivity contribution is 0.275. The molecule has 1 saturated heterocycles. The van der Waals surface area contributed by atoms with E-state index in [1.165, 1.54) is 0 Å². The maximum atomic E-state index is 9.04. The Balaban J connectivity index is 1.77. The molecule has 2 aliphatic heterocycles. The van der Waals surface area contributed by atoms with Gasteiger partial charge < -0.3 is 9.64 Å². The van der Waals surface area contributed by atoms with E-state index in [2.05, 4.69) is 9.98 Å². The van der Waals surface area contributed by atoms with Gasteiger partial charge in [0.05, 0.1) is 12.6 Å². The number of pyridine rings is 1. The van der Waals surface area contributed by atoms with E-state index < -0.39 is 6.02 Å². The molecule has 112 valence electrons. The molecule has 22 heavy (non-hydrogen) atoms. The molecular formula is C18H19N3O. The van der Waals surface area contributed by atoms with Crippen LogP contribution in [0.15, 0.2) is 59.7 Å². The molecule has 4 nitrogen and oxygen atoms in total. The largest absolute Gasteiger partial charge is 0.477 e. The maximum Gasteiger partial charge on any atom is 0.210 e. The van der Waals surface area contributed by atoms with Crippen LogP contribution in [0.25, 0.3) is 0 Å². The van der Waals surface area contributed by atoms with Crippen LogP contribution < -0.4 is 4.90 Å². The molecule has 2 aromatic rings. The SMILES string of the molecule is [2H][C@]1(C2=NC(C)(C)CO2)[C@H](c2ccccn2)N1c1ccccc1. The van der Waals surface area contributed by atoms with Crippen molar-refractivity contribution in [2.24, 2.45) is 4.99 Å². The minimum absolute atomic E-state index is 0.182. The molecule has 0 radical (unpaired) electrons. The van der Waals surface area contributed by atoms with Gasteiger partial charge in [-0.15, -0.1) is 0 Å². The van der Waals surface area contributed by atoms with Gasteiger partial charge in [0.1, 0.15) is 18.7 Å². The van der Waals surface area contributed by atoms with Crippen molar-refractivity contribution in [3.63, 3.8) is 0 Å². The van der Waals surface area contributed by atoms with Gasteiger partial charge in [-0.3, -0.25) is 4.98 Å². The lowest BCUT2D eigenvalue weighted by Gasteiger charge is -2.07. The van der Waals surface area contributed by atoms with Crippen LogP contribution in [0, 0.1) is 0 Å². The highest BCUT2D eigenvalue weighted by Crippen LogP contribution is 2.48. The smallest absolute Gasteiger partial charge is 0.210 e. The number of para-hydroxylation sites is 1. The van der Waals surface area contributed by atoms with Crippen LogP contribution in [0.2, 0.25) is 0 Å². The molecule has 1 aromatic carbocycles. The van der Waals surface area contributed by atoms with Gasteiger partial charge in [-0.25, -0.2) is 4.99 Å². The minimum atomic E-state index is -1.02. The van der Waals surface area contributed by atoms with Crippen molar-refractivity contribution >= 4 is 11.6 Å². The molecule has 1 aromatic heterocycles. The zero-order chi connectivity index (χ0) is 16.1. The average Bonchev–Trinajstić information content (AvgIpc) is 3.03. The fourth-order valence-corrected chi connectivity index (χ4v) is 2.82. The van der Waals surface area contributed by atoms with Gasteiger partial charge in [0, 0.05) is 11.9 Å². The number of nitrogens with zero attached hydrogens (tertiary/aromatic N) is 3. The van der Waals surface area contributed by atoms with Gasteiger partial charge in [-0.05, 0) is 38.1 Å². The molecule has 4 rings (SSSR count). The standard InChI is InChI=1S/C18H19N3O/c1-18(2)12-22-17(20-18)16-15(14-10-6-7-11-19-14)21(16)13-8-4-3-5-9-13/h3-11,15-16H,12H2,1-2H3/t15-,16+,21?/m0/s1/i16D. The highest BCUT2D eigenvalue weighted by molar-refractivity contribution is 5.94. The van der Waals surface area contributed by atoms with E-state index in [1.807, 2.05) is 67.3 Å². The second-order valence-electron chi connectivity index (χ2n) is 6.27. The van der Waals surface area contributed by atoms with E-state index in [0.717, 1.165) is 11.4 Å². The molecular weight excluding hydrogens is 274 g/mol. The first-order chi connectivity index (χ1) is 11.0. The first-order valence-corrected chi connectivity index (χ1v) is 7.51. The zero-order valence-corrected chi connectivity index (χ0v) is 12.7. The van der Waals surface area contributed by atoms with Crippen molar-refractivity contribution in [1.82, 2.24) is 4.98 Å². The van der Waals surface area contributed by atoms with E-state index in [9.17, 15) is 0 Å². The van der Waals surface area contributed by atoms with Crippen molar-refractivity contribution in [1.29, 1.82) is 0 Å². The third kappa shape index (κ3) is 2.25. The third-order valence-corrected chi connectivity index (χ3v) is 3.90. The third-order valence-electron chi connectivity index (χ3n) is 3.90. The van der Waals surface area contributed by atoms with E-state index in [0.29, 0.717) is 12.5 Å². The summed E-state index contributed by atoms with van der Waals surface area (Å²) < 4.78 is 14.8. The Labute approximate surface area is 131 Å². The molecule has 0 N–H and O–H groups in total. The van der Waals surface area contributed by atoms with E-state index in [-0.39, 0.29) is 11.6 Å². The highest BCUT2D eigenvalue weighted by atomic mass is 16.5. The Hall–Kier alpha value is -2.36. The van der Waals surface area contributed by atoms with Gasteiger partial charge in [0.25, 0.3) is 0 Å². The zero-order valence-electron chi connectivity index (χ0n) is 13.7. The number of rotatable bonds is 3. The summed E-state index contributed by atoms with van der Waals surface area (Å²) in [5, 5.41) is 0. The molecule has 2 aliphatic rings. The summed E-state index contributed by atoms with van der Waals surface area (Å²) in [6, 6.07) is 14.5. The van der Waals surface area contributed by atoms with Crippen molar-refractivity contribution in [2.45, 2.75) is 31.4 Å². The van der Waals surface area contributed by atoms with E-state index in [1.54, 1.807) is 6.20 Å². The summed E-state index contributed by atoms with van der Waals surface area (Å²) >= 11 is 0. The van der Waals surface area contributed by atoms with Gasteiger partial charge >= 0.3 is 0 Å². The summed E-state index contributed by atoms with van der Waals surface area (Å²) in [7, 11) is 0. The monoisotopic (exact) mass is 294 g/mol. The number of hydrogen-bond acceptors (Lipinski definition) is 4. The van der Waals surface area contributed by atoms with E-state index in [4.69, 9.17) is 6.11 Å². The van der Waals surface area contributed by atoms with Crippen LogP contribution in [0.4, 0.5) is 5.69 Å². The van der Waals surface area contributed by atoms with Gasteiger partial charge in [0.15, 0.2) is 0 Å². The first kappa shape index (κ1) is 12.2. The Morgan fingerprint density at radius 2 is 1.95 bits per heavy atom. The second kappa shape index (κ2) is 4.83. The number of ether oxygens (including phenoxy) is 1. The maximum absolute atomic E-state index is 9.04. The van der Waals surface area contributed by atoms with Crippen LogP contribution in [0.1, 0.15) is 27.0 Å². The summed E-state index contributed by atoms with van der Waals surface area (Å²) in [5.41, 5.74) is 1.57. The van der Waals surface area contributed by atoms with Crippen LogP contribution in [0.5, 0.6) is 0 Å². The fraction of sp³-hybridized carbons (Fsp3) is 0.333. The number of hydrogen-bond donors (Lipinski definition) is 0. The normalized spacial score (nSPS) is 29.5. The number of aliphatic imine (C=N–C) groups is 1. The topological polar surface area (TPSA) is 37.5 Å². The second-order valence-corrected chi connectivity index (χ2v) is 6.27. The first-order valence-electron chi connectivity index (χ1n) is 8.01. The van der Waals surface area contributed by atoms with Crippen LogP contribution >= 0.6 is 0 Å². The van der Waals surface area contributed by atoms with Gasteiger partial charge in [0.2, 0.25) is 5.90 Å². The number of anilines is 1. The van der Waals surface area contributed by atoms with E-state index >= 15 is 0 Å². The minimum Gasteiger partial charge on any atom is -0.477 e. The Morgan fingerprint density at radius 3 is 2.59 bits per heavy atom. The van der Waals surface area contributed by atoms with Crippen LogP contribution in [0.3, 0.4) is 0 Å². The molecule has 4 heteroatoms. The van der Waals surface area contributed by atoms with Gasteiger partial charge in [-0.1, -0.05) is 24.3 Å². The molecule has 0 spiro atoms. The molecule has 3 heterocycles. The van der Waals surface area contributed by atoms with Crippen LogP contribution in [-0.4, -0.2) is 29.0 Å². The summed E-state index contributed by atoms with van der Waals surface area (Å²) in [6.45, 7) is 4.56. The molecule has 0 aliphatic carbocycles. The van der Waals surface area contributed by atoms with Crippen molar-refractivity contribution in [3.8, 4) is 0 Å². The lowest BCUT2D eigenvalue weighted by Crippen LogP contribution is -2.17. The summed E-state index contributed by atoms with van der Waals surface area (Å²) in [4.78, 5) is 11.1. The quantitative estimate of drug-likeness (QED) is 0.816. The highest BCUT2D eigenvalue weighted by Gasteiger charge is 2.55.